The van der Waals surface area contributed by atoms with Gasteiger partial charge in [0.2, 0.25) is 5.56 Å². The second-order valence-electron chi connectivity index (χ2n) is 7.28. The lowest BCUT2D eigenvalue weighted by atomic mass is 10.0. The number of para-hydroxylation sites is 1. The van der Waals surface area contributed by atoms with Gasteiger partial charge < -0.3 is 19.9 Å². The Morgan fingerprint density at radius 1 is 1.23 bits per heavy atom. The third-order valence-corrected chi connectivity index (χ3v) is 5.40. The summed E-state index contributed by atoms with van der Waals surface area (Å²) in [4.78, 5) is 29.8. The number of H-pyrrole nitrogens is 1. The van der Waals surface area contributed by atoms with Crippen LogP contribution in [0.3, 0.4) is 0 Å². The van der Waals surface area contributed by atoms with Crippen LogP contribution in [-0.2, 0) is 4.74 Å². The standard InChI is InChI=1S/C20H25N3O3/c24-19-12-17(16-5-1-2-6-18(16)22-19)20(25)21-14-7-9-23(10-8-14)13-15-4-3-11-26-15/h1-2,5-6,12,14-15H,3-4,7-11,13H2,(H,21,25)(H,22,24). The molecular formula is C20H25N3O3. The van der Waals surface area contributed by atoms with Gasteiger partial charge in [0.05, 0.1) is 11.7 Å². The molecular weight excluding hydrogens is 330 g/mol. The van der Waals surface area contributed by atoms with Crippen LogP contribution in [0, 0.1) is 0 Å². The second kappa shape index (κ2) is 7.60. The number of nitrogens with one attached hydrogen (secondary N) is 2. The van der Waals surface area contributed by atoms with E-state index in [4.69, 9.17) is 4.74 Å². The van der Waals surface area contributed by atoms with E-state index in [9.17, 15) is 9.59 Å². The molecule has 2 aliphatic rings. The van der Waals surface area contributed by atoms with Gasteiger partial charge in [-0.2, -0.15) is 0 Å². The van der Waals surface area contributed by atoms with Crippen LogP contribution in [0.1, 0.15) is 36.0 Å². The molecule has 0 radical (unpaired) electrons. The van der Waals surface area contributed by atoms with E-state index >= 15 is 0 Å². The fourth-order valence-electron chi connectivity index (χ4n) is 3.99. The maximum Gasteiger partial charge on any atom is 0.252 e. The first-order valence-corrected chi connectivity index (χ1v) is 9.46. The first-order valence-electron chi connectivity index (χ1n) is 9.46. The molecule has 4 rings (SSSR count). The lowest BCUT2D eigenvalue weighted by Crippen LogP contribution is -2.46. The first-order chi connectivity index (χ1) is 12.7. The normalized spacial score (nSPS) is 21.9. The van der Waals surface area contributed by atoms with Crippen LogP contribution in [0.15, 0.2) is 35.1 Å². The number of ether oxygens (including phenoxy) is 1. The summed E-state index contributed by atoms with van der Waals surface area (Å²) in [7, 11) is 0. The number of nitrogens with zero attached hydrogens (tertiary/aromatic N) is 1. The Balaban J connectivity index is 1.38. The third kappa shape index (κ3) is 3.81. The zero-order valence-electron chi connectivity index (χ0n) is 14.9. The molecule has 0 saturated carbocycles. The number of hydrogen-bond acceptors (Lipinski definition) is 4. The highest BCUT2D eigenvalue weighted by molar-refractivity contribution is 6.06. The Morgan fingerprint density at radius 3 is 2.81 bits per heavy atom. The van der Waals surface area contributed by atoms with Crippen molar-refractivity contribution >= 4 is 16.8 Å². The summed E-state index contributed by atoms with van der Waals surface area (Å²) in [6.07, 6.45) is 4.57. The summed E-state index contributed by atoms with van der Waals surface area (Å²) in [5.41, 5.74) is 0.892. The fraction of sp³-hybridized carbons (Fsp3) is 0.500. The lowest BCUT2D eigenvalue weighted by molar-refractivity contribution is 0.0613. The molecule has 0 spiro atoms. The van der Waals surface area contributed by atoms with Crippen LogP contribution in [0.5, 0.6) is 0 Å². The number of hydrogen-bond donors (Lipinski definition) is 2. The average Bonchev–Trinajstić information content (AvgIpc) is 3.15. The maximum atomic E-state index is 12.7. The molecule has 2 aromatic rings. The first kappa shape index (κ1) is 17.2. The van der Waals surface area contributed by atoms with E-state index in [1.807, 2.05) is 24.3 Å². The summed E-state index contributed by atoms with van der Waals surface area (Å²) in [6.45, 7) is 3.84. The minimum Gasteiger partial charge on any atom is -0.377 e. The fourth-order valence-corrected chi connectivity index (χ4v) is 3.99. The minimum absolute atomic E-state index is 0.154. The van der Waals surface area contributed by atoms with Gasteiger partial charge in [-0.25, -0.2) is 0 Å². The lowest BCUT2D eigenvalue weighted by Gasteiger charge is -2.33. The molecule has 2 aliphatic heterocycles. The molecule has 6 nitrogen and oxygen atoms in total. The maximum absolute atomic E-state index is 12.7. The molecule has 1 amide bonds. The second-order valence-corrected chi connectivity index (χ2v) is 7.28. The van der Waals surface area contributed by atoms with E-state index in [-0.39, 0.29) is 17.5 Å². The number of piperidine rings is 1. The molecule has 1 atom stereocenters. The minimum atomic E-state index is -0.250. The van der Waals surface area contributed by atoms with Crippen LogP contribution in [0.4, 0.5) is 0 Å². The van der Waals surface area contributed by atoms with Gasteiger partial charge in [0.25, 0.3) is 5.91 Å². The Bertz CT molecular complexity index is 834. The van der Waals surface area contributed by atoms with Crippen molar-refractivity contribution in [2.45, 2.75) is 37.8 Å². The van der Waals surface area contributed by atoms with Crippen LogP contribution < -0.4 is 10.9 Å². The summed E-state index contributed by atoms with van der Waals surface area (Å²) in [5.74, 6) is -0.162. The van der Waals surface area contributed by atoms with Crippen molar-refractivity contribution in [2.24, 2.45) is 0 Å². The van der Waals surface area contributed by atoms with Gasteiger partial charge in [0, 0.05) is 49.3 Å². The van der Waals surface area contributed by atoms with E-state index in [2.05, 4.69) is 15.2 Å². The highest BCUT2D eigenvalue weighted by atomic mass is 16.5. The third-order valence-electron chi connectivity index (χ3n) is 5.40. The van der Waals surface area contributed by atoms with Gasteiger partial charge in [-0.05, 0) is 31.7 Å². The quantitative estimate of drug-likeness (QED) is 0.878. The number of carbonyl (C=O) groups is 1. The number of benzene rings is 1. The van der Waals surface area contributed by atoms with Crippen molar-refractivity contribution in [1.29, 1.82) is 0 Å². The molecule has 1 aromatic heterocycles. The average molecular weight is 355 g/mol. The van der Waals surface area contributed by atoms with Gasteiger partial charge in [-0.1, -0.05) is 18.2 Å². The zero-order chi connectivity index (χ0) is 17.9. The van der Waals surface area contributed by atoms with Crippen molar-refractivity contribution in [3.05, 3.63) is 46.2 Å². The van der Waals surface area contributed by atoms with Crippen molar-refractivity contribution in [1.82, 2.24) is 15.2 Å². The van der Waals surface area contributed by atoms with E-state index < -0.39 is 0 Å². The monoisotopic (exact) mass is 355 g/mol. The van der Waals surface area contributed by atoms with Crippen molar-refractivity contribution in [3.8, 4) is 0 Å². The van der Waals surface area contributed by atoms with Crippen LogP contribution in [-0.4, -0.2) is 54.2 Å². The topological polar surface area (TPSA) is 74.4 Å². The number of likely N-dealkylation sites (tertiary alicyclic amines) is 1. The largest absolute Gasteiger partial charge is 0.377 e. The van der Waals surface area contributed by atoms with Crippen LogP contribution >= 0.6 is 0 Å². The summed E-state index contributed by atoms with van der Waals surface area (Å²) < 4.78 is 5.71. The number of fused-ring (bicyclic) bond motifs is 1. The number of rotatable bonds is 4. The molecule has 6 heteroatoms. The summed E-state index contributed by atoms with van der Waals surface area (Å²) >= 11 is 0. The molecule has 0 aliphatic carbocycles. The van der Waals surface area contributed by atoms with Crippen molar-refractivity contribution < 1.29 is 9.53 Å². The predicted octanol–water partition coefficient (Wildman–Crippen LogP) is 1.90. The molecule has 0 bridgehead atoms. The number of amides is 1. The number of aromatic nitrogens is 1. The van der Waals surface area contributed by atoms with E-state index in [1.54, 1.807) is 0 Å². The molecule has 3 heterocycles. The van der Waals surface area contributed by atoms with E-state index in [0.717, 1.165) is 50.9 Å². The van der Waals surface area contributed by atoms with Crippen LogP contribution in [0.25, 0.3) is 10.9 Å². The molecule has 2 N–H and O–H groups in total. The highest BCUT2D eigenvalue weighted by Crippen LogP contribution is 2.18. The Labute approximate surface area is 152 Å². The molecule has 26 heavy (non-hydrogen) atoms. The van der Waals surface area contributed by atoms with Gasteiger partial charge in [-0.15, -0.1) is 0 Å². The van der Waals surface area contributed by atoms with Crippen molar-refractivity contribution in [2.75, 3.05) is 26.2 Å². The Morgan fingerprint density at radius 2 is 2.04 bits per heavy atom. The number of pyridine rings is 1. The Kier molecular flexibility index (Phi) is 5.04. The predicted molar refractivity (Wildman–Crippen MR) is 100 cm³/mol. The molecule has 138 valence electrons. The molecule has 1 aromatic carbocycles. The Hall–Kier alpha value is -2.18. The van der Waals surface area contributed by atoms with Crippen molar-refractivity contribution in [3.63, 3.8) is 0 Å². The van der Waals surface area contributed by atoms with E-state index in [0.29, 0.717) is 17.2 Å². The van der Waals surface area contributed by atoms with Crippen LogP contribution in [0.2, 0.25) is 0 Å². The SMILES string of the molecule is O=C(NC1CCN(CC2CCCO2)CC1)c1cc(=O)[nH]c2ccccc12. The van der Waals surface area contributed by atoms with E-state index in [1.165, 1.54) is 12.5 Å². The molecule has 2 fully saturated rings. The summed E-state index contributed by atoms with van der Waals surface area (Å²) in [5, 5.41) is 3.90. The molecule has 1 unspecified atom stereocenters. The van der Waals surface area contributed by atoms with Gasteiger partial charge in [0.1, 0.15) is 0 Å². The number of aromatic amines is 1. The van der Waals surface area contributed by atoms with Gasteiger partial charge in [-0.3, -0.25) is 9.59 Å². The highest BCUT2D eigenvalue weighted by Gasteiger charge is 2.25. The van der Waals surface area contributed by atoms with Gasteiger partial charge in [0.15, 0.2) is 0 Å². The molecule has 2 saturated heterocycles. The van der Waals surface area contributed by atoms with Gasteiger partial charge >= 0.3 is 0 Å². The summed E-state index contributed by atoms with van der Waals surface area (Å²) in [6, 6.07) is 8.96. The smallest absolute Gasteiger partial charge is 0.252 e. The zero-order valence-corrected chi connectivity index (χ0v) is 14.9. The number of carbonyl (C=O) groups excluding carboxylic acids is 1.